The molecule has 1 aliphatic heterocycles. The van der Waals surface area contributed by atoms with E-state index in [9.17, 15) is 4.79 Å². The van der Waals surface area contributed by atoms with Crippen LogP contribution >= 0.6 is 15.9 Å². The first-order valence-corrected chi connectivity index (χ1v) is 11.6. The molecule has 7 nitrogen and oxygen atoms in total. The molecule has 1 aliphatic carbocycles. The van der Waals surface area contributed by atoms with Gasteiger partial charge in [0.25, 0.3) is 0 Å². The fourth-order valence-electron chi connectivity index (χ4n) is 4.48. The normalized spacial score (nSPS) is 17.8. The first-order valence-electron chi connectivity index (χ1n) is 10.8. The molecule has 0 unspecified atom stereocenters. The van der Waals surface area contributed by atoms with E-state index in [2.05, 4.69) is 31.2 Å². The lowest BCUT2D eigenvalue weighted by molar-refractivity contribution is -0.140. The Balaban J connectivity index is 1.40. The molecule has 1 aromatic heterocycles. The fraction of sp³-hybridized carbons (Fsp3) is 0.417. The summed E-state index contributed by atoms with van der Waals surface area (Å²) in [6.07, 6.45) is 4.06. The molecule has 5 rings (SSSR count). The van der Waals surface area contributed by atoms with Gasteiger partial charge in [-0.2, -0.15) is 5.10 Å². The highest BCUT2D eigenvalue weighted by Gasteiger charge is 2.46. The van der Waals surface area contributed by atoms with Crippen molar-refractivity contribution in [3.8, 4) is 17.2 Å². The molecule has 0 bridgehead atoms. The monoisotopic (exact) mass is 498 g/mol. The number of hydrogen-bond acceptors (Lipinski definition) is 5. The molecule has 1 amide bonds. The van der Waals surface area contributed by atoms with Crippen molar-refractivity contribution < 1.29 is 14.3 Å². The zero-order valence-electron chi connectivity index (χ0n) is 18.5. The molecule has 32 heavy (non-hydrogen) atoms. The van der Waals surface area contributed by atoms with E-state index < -0.39 is 0 Å². The van der Waals surface area contributed by atoms with Gasteiger partial charge >= 0.3 is 0 Å². The third kappa shape index (κ3) is 3.75. The van der Waals surface area contributed by atoms with Crippen LogP contribution in [0.3, 0.4) is 0 Å². The summed E-state index contributed by atoms with van der Waals surface area (Å²) >= 11 is 3.59. The maximum Gasteiger partial charge on any atom is 0.228 e. The highest BCUT2D eigenvalue weighted by molar-refractivity contribution is 9.10. The molecular formula is C24H27BrN4O3. The number of likely N-dealkylation sites (tertiary alicyclic amines) is 1. The minimum absolute atomic E-state index is 0.169. The van der Waals surface area contributed by atoms with Gasteiger partial charge in [0, 0.05) is 47.7 Å². The summed E-state index contributed by atoms with van der Waals surface area (Å²) in [5.74, 6) is 1.66. The summed E-state index contributed by atoms with van der Waals surface area (Å²) in [6, 6.07) is 10.4. The van der Waals surface area contributed by atoms with E-state index in [0.717, 1.165) is 64.1 Å². The summed E-state index contributed by atoms with van der Waals surface area (Å²) in [5.41, 5.74) is 2.51. The van der Waals surface area contributed by atoms with Gasteiger partial charge in [-0.3, -0.25) is 9.69 Å². The average molecular weight is 499 g/mol. The number of ether oxygens (including phenoxy) is 2. The van der Waals surface area contributed by atoms with Crippen LogP contribution in [0.25, 0.3) is 16.6 Å². The number of methoxy groups -OCH3 is 2. The molecule has 8 heteroatoms. The molecule has 1 saturated heterocycles. The van der Waals surface area contributed by atoms with Crippen LogP contribution in [0.1, 0.15) is 25.3 Å². The van der Waals surface area contributed by atoms with Crippen molar-refractivity contribution in [1.82, 2.24) is 20.0 Å². The smallest absolute Gasteiger partial charge is 0.228 e. The van der Waals surface area contributed by atoms with Gasteiger partial charge in [0.05, 0.1) is 42.6 Å². The third-order valence-electron chi connectivity index (χ3n) is 6.39. The fourth-order valence-corrected chi connectivity index (χ4v) is 4.94. The molecule has 1 N–H and O–H groups in total. The largest absolute Gasteiger partial charge is 0.496 e. The molecular weight excluding hydrogens is 472 g/mol. The number of nitrogens with one attached hydrogen (secondary N) is 1. The van der Waals surface area contributed by atoms with Crippen LogP contribution in [0.15, 0.2) is 41.0 Å². The van der Waals surface area contributed by atoms with Crippen molar-refractivity contribution in [1.29, 1.82) is 0 Å². The second kappa shape index (κ2) is 8.08. The molecule has 0 spiro atoms. The molecule has 2 aliphatic rings. The van der Waals surface area contributed by atoms with Crippen LogP contribution in [0, 0.1) is 5.41 Å². The van der Waals surface area contributed by atoms with Crippen molar-refractivity contribution in [3.63, 3.8) is 0 Å². The summed E-state index contributed by atoms with van der Waals surface area (Å²) in [6.45, 7) is 4.14. The van der Waals surface area contributed by atoms with Gasteiger partial charge in [-0.15, -0.1) is 0 Å². The maximum absolute atomic E-state index is 12.5. The van der Waals surface area contributed by atoms with Gasteiger partial charge in [-0.05, 0) is 31.9 Å². The molecule has 0 atom stereocenters. The highest BCUT2D eigenvalue weighted by atomic mass is 79.9. The van der Waals surface area contributed by atoms with E-state index in [0.29, 0.717) is 12.6 Å². The van der Waals surface area contributed by atoms with Gasteiger partial charge in [0.15, 0.2) is 0 Å². The van der Waals surface area contributed by atoms with Crippen LogP contribution < -0.4 is 14.8 Å². The van der Waals surface area contributed by atoms with Gasteiger partial charge in [-0.25, -0.2) is 4.68 Å². The highest BCUT2D eigenvalue weighted by Crippen LogP contribution is 2.39. The first kappa shape index (κ1) is 21.3. The second-order valence-electron chi connectivity index (χ2n) is 9.01. The van der Waals surface area contributed by atoms with Crippen molar-refractivity contribution in [2.75, 3.05) is 27.3 Å². The maximum atomic E-state index is 12.5. The van der Waals surface area contributed by atoms with Crippen LogP contribution in [0.4, 0.5) is 0 Å². The second-order valence-corrected chi connectivity index (χ2v) is 9.87. The standard InChI is InChI=1S/C24H27BrN4O3/c1-24(23(30)27-15-7-8-15)13-28(14-24)12-18-21(31-2)9-16(10-22(18)32-3)29-20-6-4-5-19(25)17(20)11-26-29/h4-6,9-11,15H,7-8,12-14H2,1-3H3,(H,27,30). The summed E-state index contributed by atoms with van der Waals surface area (Å²) < 4.78 is 14.4. The Morgan fingerprint density at radius 3 is 2.53 bits per heavy atom. The van der Waals surface area contributed by atoms with Crippen LogP contribution in [0.2, 0.25) is 0 Å². The lowest BCUT2D eigenvalue weighted by Gasteiger charge is -2.47. The van der Waals surface area contributed by atoms with Gasteiger partial charge in [0.1, 0.15) is 11.5 Å². The van der Waals surface area contributed by atoms with Crippen LogP contribution in [-0.2, 0) is 11.3 Å². The van der Waals surface area contributed by atoms with Crippen LogP contribution in [-0.4, -0.2) is 53.9 Å². The number of hydrogen-bond donors (Lipinski definition) is 1. The Morgan fingerprint density at radius 1 is 1.22 bits per heavy atom. The zero-order valence-corrected chi connectivity index (χ0v) is 20.1. The number of amides is 1. The number of nitrogens with zero attached hydrogens (tertiary/aromatic N) is 3. The first-order chi connectivity index (χ1) is 15.4. The lowest BCUT2D eigenvalue weighted by atomic mass is 9.80. The van der Waals surface area contributed by atoms with E-state index in [-0.39, 0.29) is 11.3 Å². The van der Waals surface area contributed by atoms with Crippen molar-refractivity contribution in [2.24, 2.45) is 5.41 Å². The Bertz CT molecular complexity index is 1160. The van der Waals surface area contributed by atoms with E-state index in [1.807, 2.05) is 48.1 Å². The summed E-state index contributed by atoms with van der Waals surface area (Å²) in [7, 11) is 3.34. The van der Waals surface area contributed by atoms with Crippen LogP contribution in [0.5, 0.6) is 11.5 Å². The summed E-state index contributed by atoms with van der Waals surface area (Å²) in [5, 5.41) is 8.76. The Hall–Kier alpha value is -2.58. The summed E-state index contributed by atoms with van der Waals surface area (Å²) in [4.78, 5) is 14.8. The van der Waals surface area contributed by atoms with Gasteiger partial charge in [0.2, 0.25) is 5.91 Å². The molecule has 2 fully saturated rings. The topological polar surface area (TPSA) is 68.6 Å². The Kier molecular flexibility index (Phi) is 5.37. The van der Waals surface area contributed by atoms with Crippen molar-refractivity contribution >= 4 is 32.7 Å². The number of fused-ring (bicyclic) bond motifs is 1. The van der Waals surface area contributed by atoms with E-state index in [1.54, 1.807) is 14.2 Å². The molecule has 1 saturated carbocycles. The molecule has 3 aromatic rings. The van der Waals surface area contributed by atoms with Gasteiger partial charge < -0.3 is 14.8 Å². The predicted molar refractivity (Wildman–Crippen MR) is 126 cm³/mol. The molecule has 2 aromatic carbocycles. The number of benzene rings is 2. The zero-order chi connectivity index (χ0) is 22.5. The quantitative estimate of drug-likeness (QED) is 0.534. The predicted octanol–water partition coefficient (Wildman–Crippen LogP) is 3.91. The minimum atomic E-state index is -0.329. The lowest BCUT2D eigenvalue weighted by Crippen LogP contribution is -2.61. The third-order valence-corrected chi connectivity index (χ3v) is 7.08. The van der Waals surface area contributed by atoms with E-state index >= 15 is 0 Å². The molecule has 168 valence electrons. The molecule has 2 heterocycles. The Morgan fingerprint density at radius 2 is 1.91 bits per heavy atom. The van der Waals surface area contributed by atoms with E-state index in [4.69, 9.17) is 9.47 Å². The Labute approximate surface area is 195 Å². The molecule has 0 radical (unpaired) electrons. The number of carbonyl (C=O) groups excluding carboxylic acids is 1. The SMILES string of the molecule is COc1cc(-n2ncc3c(Br)cccc32)cc(OC)c1CN1CC(C)(C(=O)NC2CC2)C1. The van der Waals surface area contributed by atoms with Gasteiger partial charge in [-0.1, -0.05) is 22.0 Å². The number of halogens is 1. The van der Waals surface area contributed by atoms with E-state index in [1.165, 1.54) is 0 Å². The average Bonchev–Trinajstić information content (AvgIpc) is 3.47. The van der Waals surface area contributed by atoms with Crippen molar-refractivity contribution in [2.45, 2.75) is 32.4 Å². The number of carbonyl (C=O) groups is 1. The number of rotatable bonds is 7. The van der Waals surface area contributed by atoms with Crippen molar-refractivity contribution in [3.05, 3.63) is 46.6 Å². The number of aromatic nitrogens is 2. The minimum Gasteiger partial charge on any atom is -0.496 e.